The van der Waals surface area contributed by atoms with Gasteiger partial charge in [-0.2, -0.15) is 0 Å². The molecule has 0 spiro atoms. The Morgan fingerprint density at radius 1 is 0.703 bits per heavy atom. The topological polar surface area (TPSA) is 69.5 Å². The van der Waals surface area contributed by atoms with Crippen LogP contribution >= 0.6 is 22.7 Å². The van der Waals surface area contributed by atoms with E-state index >= 15 is 0 Å². The minimum atomic E-state index is -0.406. The van der Waals surface area contributed by atoms with Crippen LogP contribution in [0.15, 0.2) is 99.6 Å². The molecular weight excluding hydrogens is 504 g/mol. The Labute approximate surface area is 220 Å². The van der Waals surface area contributed by atoms with Crippen molar-refractivity contribution in [2.24, 2.45) is 9.98 Å². The van der Waals surface area contributed by atoms with Gasteiger partial charge in [0.25, 0.3) is 0 Å². The summed E-state index contributed by atoms with van der Waals surface area (Å²) < 4.78 is 18.0. The van der Waals surface area contributed by atoms with Gasteiger partial charge in [-0.1, -0.05) is 30.3 Å². The fraction of sp³-hybridized carbons (Fsp3) is 0.0690. The van der Waals surface area contributed by atoms with Crippen molar-refractivity contribution in [3.8, 4) is 43.9 Å². The van der Waals surface area contributed by atoms with E-state index in [1.54, 1.807) is 46.9 Å². The zero-order chi connectivity index (χ0) is 25.2. The summed E-state index contributed by atoms with van der Waals surface area (Å²) in [5, 5.41) is 5.63. The van der Waals surface area contributed by atoms with Gasteiger partial charge in [-0.05, 0) is 59.3 Å². The predicted molar refractivity (Wildman–Crippen MR) is 145 cm³/mol. The summed E-state index contributed by atoms with van der Waals surface area (Å²) in [6.07, 6.45) is 0. The van der Waals surface area contributed by atoms with E-state index in [4.69, 9.17) is 24.2 Å². The number of hydrogen-bond acceptors (Lipinski definition) is 8. The molecule has 8 heteroatoms. The molecule has 0 saturated carbocycles. The molecule has 1 aliphatic heterocycles. The highest BCUT2D eigenvalue weighted by Gasteiger charge is 2.27. The normalized spacial score (nSPS) is 11.8. The summed E-state index contributed by atoms with van der Waals surface area (Å²) in [6, 6.07) is 24.6. The largest absolute Gasteiger partial charge is 0.465 e. The van der Waals surface area contributed by atoms with Gasteiger partial charge in [0.05, 0.1) is 34.5 Å². The van der Waals surface area contributed by atoms with Crippen molar-refractivity contribution in [2.45, 2.75) is 0 Å². The molecule has 37 heavy (non-hydrogen) atoms. The molecule has 0 bridgehead atoms. The van der Waals surface area contributed by atoms with Gasteiger partial charge in [-0.3, -0.25) is 9.98 Å². The van der Waals surface area contributed by atoms with E-state index in [-0.39, 0.29) is 0 Å². The second-order valence-electron chi connectivity index (χ2n) is 8.05. The minimum Gasteiger partial charge on any atom is -0.465 e. The lowest BCUT2D eigenvalue weighted by Gasteiger charge is -2.19. The average Bonchev–Trinajstić information content (AvgIpc) is 3.73. The molecule has 6 rings (SSSR count). The third-order valence-electron chi connectivity index (χ3n) is 5.81. The highest BCUT2D eigenvalue weighted by atomic mass is 32.1. The zero-order valence-corrected chi connectivity index (χ0v) is 21.3. The van der Waals surface area contributed by atoms with Crippen molar-refractivity contribution in [2.75, 3.05) is 13.8 Å². The molecule has 0 unspecified atom stereocenters. The number of thiophene rings is 2. The van der Waals surface area contributed by atoms with Crippen molar-refractivity contribution >= 4 is 28.6 Å². The van der Waals surface area contributed by atoms with Gasteiger partial charge in [-0.15, -0.1) is 22.7 Å². The molecule has 0 aliphatic carbocycles. The van der Waals surface area contributed by atoms with Gasteiger partial charge in [-0.25, -0.2) is 4.79 Å². The maximum Gasteiger partial charge on any atom is 0.337 e. The molecule has 182 valence electrons. The second kappa shape index (κ2) is 10.0. The Morgan fingerprint density at radius 3 is 1.73 bits per heavy atom. The number of hydrogen-bond donors (Lipinski definition) is 0. The Morgan fingerprint density at radius 2 is 1.24 bits per heavy atom. The Balaban J connectivity index is 1.62. The second-order valence-corrected chi connectivity index (χ2v) is 9.95. The van der Waals surface area contributed by atoms with Crippen molar-refractivity contribution in [3.63, 3.8) is 0 Å². The molecule has 0 atom stereocenters. The summed E-state index contributed by atoms with van der Waals surface area (Å²) >= 11 is 3.21. The zero-order valence-electron chi connectivity index (χ0n) is 19.7. The molecule has 0 radical (unpaired) electrons. The molecule has 0 saturated heterocycles. The number of methoxy groups -OCH3 is 1. The predicted octanol–water partition coefficient (Wildman–Crippen LogP) is 6.73. The molecule has 0 fully saturated rings. The first-order chi connectivity index (χ1) is 18.2. The van der Waals surface area contributed by atoms with Crippen LogP contribution in [0.5, 0.6) is 23.0 Å². The molecular formula is C29H20N2O4S2. The average molecular weight is 525 g/mol. The van der Waals surface area contributed by atoms with Crippen LogP contribution < -0.4 is 20.2 Å². The summed E-state index contributed by atoms with van der Waals surface area (Å²) in [5.74, 6) is 1.93. The number of nitrogens with zero attached hydrogens (tertiary/aromatic N) is 2. The van der Waals surface area contributed by atoms with Gasteiger partial charge in [0.1, 0.15) is 18.2 Å². The number of benzene rings is 3. The lowest BCUT2D eigenvalue weighted by molar-refractivity contribution is 0.0600. The molecule has 1 aliphatic rings. The first-order valence-corrected chi connectivity index (χ1v) is 13.2. The van der Waals surface area contributed by atoms with Crippen molar-refractivity contribution in [1.29, 1.82) is 0 Å². The number of para-hydroxylation sites is 1. The van der Waals surface area contributed by atoms with E-state index < -0.39 is 5.97 Å². The molecule has 0 N–H and O–H groups in total. The summed E-state index contributed by atoms with van der Waals surface area (Å²) in [4.78, 5) is 23.5. The van der Waals surface area contributed by atoms with Crippen LogP contribution in [-0.2, 0) is 4.74 Å². The van der Waals surface area contributed by atoms with E-state index in [9.17, 15) is 4.79 Å². The van der Waals surface area contributed by atoms with Crippen molar-refractivity contribution < 1.29 is 19.0 Å². The first kappa shape index (κ1) is 23.1. The van der Waals surface area contributed by atoms with Gasteiger partial charge >= 0.3 is 5.97 Å². The van der Waals surface area contributed by atoms with Crippen LogP contribution in [0.4, 0.5) is 0 Å². The van der Waals surface area contributed by atoms with E-state index in [1.165, 1.54) is 7.11 Å². The monoisotopic (exact) mass is 524 g/mol. The number of esters is 1. The Kier molecular flexibility index (Phi) is 6.26. The molecule has 5 aromatic rings. The lowest BCUT2D eigenvalue weighted by Crippen LogP contribution is -2.27. The molecule has 2 aromatic heterocycles. The van der Waals surface area contributed by atoms with E-state index in [1.807, 2.05) is 65.4 Å². The number of ether oxygens (including phenoxy) is 3. The SMILES string of the molecule is COC(=O)c1ccc(Oc2c(Oc3ccccc3)c(-c3cccs3)c3c(c2-c2cccs2)=NCN=3)cc1. The fourth-order valence-electron chi connectivity index (χ4n) is 4.16. The number of rotatable bonds is 7. The number of fused-ring (bicyclic) bond motifs is 1. The number of carbonyl (C=O) groups excluding carboxylic acids is 1. The Bertz CT molecular complexity index is 1680. The first-order valence-electron chi connectivity index (χ1n) is 11.5. The van der Waals surface area contributed by atoms with Crippen LogP contribution in [0.3, 0.4) is 0 Å². The van der Waals surface area contributed by atoms with E-state index in [0.29, 0.717) is 35.2 Å². The van der Waals surface area contributed by atoms with E-state index in [2.05, 4.69) is 0 Å². The fourth-order valence-corrected chi connectivity index (χ4v) is 5.69. The summed E-state index contributed by atoms with van der Waals surface area (Å²) in [7, 11) is 1.36. The third-order valence-corrected chi connectivity index (χ3v) is 7.58. The highest BCUT2D eigenvalue weighted by Crippen LogP contribution is 2.47. The van der Waals surface area contributed by atoms with Crippen molar-refractivity contribution in [3.05, 3.63) is 106 Å². The lowest BCUT2D eigenvalue weighted by atomic mass is 10.0. The van der Waals surface area contributed by atoms with E-state index in [0.717, 1.165) is 31.6 Å². The van der Waals surface area contributed by atoms with Crippen LogP contribution in [0.25, 0.3) is 20.9 Å². The highest BCUT2D eigenvalue weighted by molar-refractivity contribution is 7.14. The molecule has 0 amide bonds. The smallest absolute Gasteiger partial charge is 0.337 e. The van der Waals surface area contributed by atoms with Crippen LogP contribution in [0, 0.1) is 0 Å². The maximum atomic E-state index is 12.0. The van der Waals surface area contributed by atoms with Gasteiger partial charge in [0.15, 0.2) is 11.5 Å². The maximum absolute atomic E-state index is 12.0. The number of carbonyl (C=O) groups is 1. The standard InChI is InChI=1S/C29H20N2O4S2/c1-33-29(32)18-11-13-20(14-12-18)35-28-24(22-10-6-16-37-22)26-25(30-17-31-26)23(21-9-5-15-36-21)27(28)34-19-7-3-2-4-8-19/h2-16H,17H2,1H3. The van der Waals surface area contributed by atoms with Gasteiger partial charge in [0.2, 0.25) is 0 Å². The molecule has 3 aromatic carbocycles. The quantitative estimate of drug-likeness (QED) is 0.222. The Hall–Kier alpha value is -4.27. The van der Waals surface area contributed by atoms with Gasteiger partial charge < -0.3 is 14.2 Å². The third kappa shape index (κ3) is 4.41. The summed E-state index contributed by atoms with van der Waals surface area (Å²) in [5.41, 5.74) is 2.11. The molecule has 6 nitrogen and oxygen atoms in total. The van der Waals surface area contributed by atoms with Gasteiger partial charge in [0, 0.05) is 9.75 Å². The summed E-state index contributed by atoms with van der Waals surface area (Å²) in [6.45, 7) is 0.341. The van der Waals surface area contributed by atoms with Crippen molar-refractivity contribution in [1.82, 2.24) is 0 Å². The molecule has 3 heterocycles. The minimum absolute atomic E-state index is 0.341. The van der Waals surface area contributed by atoms with Crippen LogP contribution in [0.1, 0.15) is 10.4 Å². The van der Waals surface area contributed by atoms with Crippen LogP contribution in [0.2, 0.25) is 0 Å². The van der Waals surface area contributed by atoms with Crippen LogP contribution in [-0.4, -0.2) is 19.7 Å².